The molecular formula is C17H25N3O. The van der Waals surface area contributed by atoms with Crippen LogP contribution in [0.4, 0.5) is 5.69 Å². The Morgan fingerprint density at radius 2 is 1.81 bits per heavy atom. The highest BCUT2D eigenvalue weighted by atomic mass is 16.2. The lowest BCUT2D eigenvalue weighted by molar-refractivity contribution is -0.126. The summed E-state index contributed by atoms with van der Waals surface area (Å²) in [5.74, 6) is 0.185. The van der Waals surface area contributed by atoms with Crippen molar-refractivity contribution in [2.24, 2.45) is 5.73 Å². The van der Waals surface area contributed by atoms with Crippen molar-refractivity contribution in [3.05, 3.63) is 29.8 Å². The van der Waals surface area contributed by atoms with Gasteiger partial charge in [-0.1, -0.05) is 31.4 Å². The largest absolute Gasteiger partial charge is 0.330 e. The number of carbonyl (C=O) groups is 1. The molecule has 114 valence electrons. The minimum absolute atomic E-state index is 0.170. The maximum atomic E-state index is 11.6. The minimum Gasteiger partial charge on any atom is -0.330 e. The van der Waals surface area contributed by atoms with Crippen LogP contribution < -0.4 is 10.7 Å². The molecule has 21 heavy (non-hydrogen) atoms. The van der Waals surface area contributed by atoms with Gasteiger partial charge in [0, 0.05) is 32.0 Å². The van der Waals surface area contributed by atoms with Gasteiger partial charge in [0.15, 0.2) is 0 Å². The van der Waals surface area contributed by atoms with E-state index in [0.29, 0.717) is 6.42 Å². The van der Waals surface area contributed by atoms with E-state index in [1.165, 1.54) is 37.7 Å². The van der Waals surface area contributed by atoms with E-state index in [4.69, 9.17) is 5.73 Å². The Labute approximate surface area is 126 Å². The fourth-order valence-corrected chi connectivity index (χ4v) is 3.78. The third-order valence-electron chi connectivity index (χ3n) is 5.24. The van der Waals surface area contributed by atoms with Crippen LogP contribution in [-0.2, 0) is 10.2 Å². The number of anilines is 1. The third kappa shape index (κ3) is 2.53. The molecule has 1 aliphatic carbocycles. The van der Waals surface area contributed by atoms with Crippen molar-refractivity contribution in [1.29, 1.82) is 0 Å². The number of hydrogen-bond donors (Lipinski definition) is 1. The molecule has 2 aliphatic rings. The van der Waals surface area contributed by atoms with Gasteiger partial charge in [-0.05, 0) is 30.5 Å². The topological polar surface area (TPSA) is 49.6 Å². The Bertz CT molecular complexity index is 505. The number of amides is 1. The van der Waals surface area contributed by atoms with Crippen LogP contribution in [0.25, 0.3) is 0 Å². The number of rotatable bonds is 3. The predicted octanol–water partition coefficient (Wildman–Crippen LogP) is 2.43. The first-order valence-electron chi connectivity index (χ1n) is 8.01. The number of nitrogens with two attached hydrogens (primary N) is 1. The summed E-state index contributed by atoms with van der Waals surface area (Å²) in [4.78, 5) is 11.6. The molecule has 1 aliphatic heterocycles. The van der Waals surface area contributed by atoms with Crippen LogP contribution in [0.3, 0.4) is 0 Å². The molecule has 1 aromatic carbocycles. The quantitative estimate of drug-likeness (QED) is 0.929. The molecule has 0 atom stereocenters. The van der Waals surface area contributed by atoms with E-state index < -0.39 is 0 Å². The van der Waals surface area contributed by atoms with Gasteiger partial charge >= 0.3 is 0 Å². The number of carbonyl (C=O) groups excluding carboxylic acids is 1. The molecule has 2 fully saturated rings. The number of hydrogen-bond acceptors (Lipinski definition) is 3. The summed E-state index contributed by atoms with van der Waals surface area (Å²) in [6.07, 6.45) is 6.89. The first kappa shape index (κ1) is 14.4. The molecule has 4 nitrogen and oxygen atoms in total. The summed E-state index contributed by atoms with van der Waals surface area (Å²) in [5, 5.41) is 3.76. The summed E-state index contributed by atoms with van der Waals surface area (Å²) in [7, 11) is 1.84. The van der Waals surface area contributed by atoms with Crippen LogP contribution in [-0.4, -0.2) is 31.1 Å². The van der Waals surface area contributed by atoms with Gasteiger partial charge in [-0.3, -0.25) is 14.8 Å². The van der Waals surface area contributed by atoms with Crippen LogP contribution in [0.1, 0.15) is 44.1 Å². The smallest absolute Gasteiger partial charge is 0.242 e. The van der Waals surface area contributed by atoms with Gasteiger partial charge in [0.05, 0.1) is 5.69 Å². The van der Waals surface area contributed by atoms with Crippen molar-refractivity contribution >= 4 is 11.6 Å². The van der Waals surface area contributed by atoms with Gasteiger partial charge in [-0.2, -0.15) is 0 Å². The van der Waals surface area contributed by atoms with E-state index in [0.717, 1.165) is 18.8 Å². The van der Waals surface area contributed by atoms with Crippen molar-refractivity contribution < 1.29 is 4.79 Å². The zero-order chi connectivity index (χ0) is 14.9. The van der Waals surface area contributed by atoms with E-state index in [9.17, 15) is 4.79 Å². The molecule has 0 unspecified atom stereocenters. The summed E-state index contributed by atoms with van der Waals surface area (Å²) < 4.78 is 0. The summed E-state index contributed by atoms with van der Waals surface area (Å²) in [6, 6.07) is 8.70. The standard InChI is InChI=1S/C17H25N3O/c1-19-16(21)9-12-20(19)15-7-5-14(6-8-15)17(13-18)10-3-2-4-11-17/h5-8H,2-4,9-13,18H2,1H3. The molecule has 2 N–H and O–H groups in total. The summed E-state index contributed by atoms with van der Waals surface area (Å²) >= 11 is 0. The fourth-order valence-electron chi connectivity index (χ4n) is 3.78. The molecule has 0 spiro atoms. The van der Waals surface area contributed by atoms with Crippen LogP contribution >= 0.6 is 0 Å². The molecule has 1 saturated heterocycles. The highest BCUT2D eigenvalue weighted by molar-refractivity contribution is 5.81. The number of nitrogens with zero attached hydrogens (tertiary/aromatic N) is 2. The van der Waals surface area contributed by atoms with E-state index in [-0.39, 0.29) is 11.3 Å². The second-order valence-electron chi connectivity index (χ2n) is 6.38. The monoisotopic (exact) mass is 287 g/mol. The lowest BCUT2D eigenvalue weighted by Gasteiger charge is -2.37. The summed E-state index contributed by atoms with van der Waals surface area (Å²) in [5.41, 5.74) is 8.73. The zero-order valence-electron chi connectivity index (χ0n) is 12.8. The first-order chi connectivity index (χ1) is 10.2. The van der Waals surface area contributed by atoms with Gasteiger partial charge in [0.25, 0.3) is 0 Å². The molecule has 4 heteroatoms. The normalized spacial score (nSPS) is 21.9. The van der Waals surface area contributed by atoms with Crippen molar-refractivity contribution in [2.45, 2.75) is 43.9 Å². The molecule has 1 heterocycles. The fraction of sp³-hybridized carbons (Fsp3) is 0.588. The van der Waals surface area contributed by atoms with Crippen LogP contribution in [0.2, 0.25) is 0 Å². The molecule has 0 aromatic heterocycles. The SMILES string of the molecule is CN1C(=O)CCN1c1ccc(C2(CN)CCCCC2)cc1. The Hall–Kier alpha value is -1.55. The number of benzene rings is 1. The van der Waals surface area contributed by atoms with Crippen LogP contribution in [0.15, 0.2) is 24.3 Å². The highest BCUT2D eigenvalue weighted by Crippen LogP contribution is 2.39. The van der Waals surface area contributed by atoms with Crippen molar-refractivity contribution in [1.82, 2.24) is 5.01 Å². The Kier molecular flexibility index (Phi) is 3.89. The van der Waals surface area contributed by atoms with E-state index in [1.807, 2.05) is 12.1 Å². The van der Waals surface area contributed by atoms with E-state index in [1.54, 1.807) is 5.01 Å². The molecular weight excluding hydrogens is 262 g/mol. The van der Waals surface area contributed by atoms with Crippen molar-refractivity contribution in [3.8, 4) is 0 Å². The lowest BCUT2D eigenvalue weighted by atomic mass is 9.69. The average Bonchev–Trinajstić information content (AvgIpc) is 2.88. The van der Waals surface area contributed by atoms with Gasteiger partial charge in [-0.15, -0.1) is 0 Å². The van der Waals surface area contributed by atoms with Gasteiger partial charge in [0.1, 0.15) is 0 Å². The van der Waals surface area contributed by atoms with Gasteiger partial charge in [0.2, 0.25) is 5.91 Å². The zero-order valence-corrected chi connectivity index (χ0v) is 12.8. The average molecular weight is 287 g/mol. The molecule has 1 saturated carbocycles. The lowest BCUT2D eigenvalue weighted by Crippen LogP contribution is -2.37. The maximum Gasteiger partial charge on any atom is 0.242 e. The van der Waals surface area contributed by atoms with Gasteiger partial charge in [-0.25, -0.2) is 0 Å². The Morgan fingerprint density at radius 1 is 1.14 bits per heavy atom. The van der Waals surface area contributed by atoms with E-state index in [2.05, 4.69) is 24.3 Å². The highest BCUT2D eigenvalue weighted by Gasteiger charge is 2.33. The van der Waals surface area contributed by atoms with Crippen molar-refractivity contribution in [3.63, 3.8) is 0 Å². The Balaban J connectivity index is 1.82. The molecule has 0 bridgehead atoms. The predicted molar refractivity (Wildman–Crippen MR) is 85.0 cm³/mol. The first-order valence-corrected chi connectivity index (χ1v) is 8.01. The molecule has 1 aromatic rings. The summed E-state index contributed by atoms with van der Waals surface area (Å²) in [6.45, 7) is 1.51. The second kappa shape index (κ2) is 5.68. The Morgan fingerprint density at radius 3 is 2.33 bits per heavy atom. The minimum atomic E-state index is 0.170. The van der Waals surface area contributed by atoms with Crippen molar-refractivity contribution in [2.75, 3.05) is 25.1 Å². The second-order valence-corrected chi connectivity index (χ2v) is 6.38. The van der Waals surface area contributed by atoms with Crippen LogP contribution in [0.5, 0.6) is 0 Å². The maximum absolute atomic E-state index is 11.6. The number of hydrazine groups is 1. The van der Waals surface area contributed by atoms with E-state index >= 15 is 0 Å². The molecule has 3 rings (SSSR count). The van der Waals surface area contributed by atoms with Gasteiger partial charge < -0.3 is 5.73 Å². The molecule has 0 radical (unpaired) electrons. The molecule has 1 amide bonds. The van der Waals surface area contributed by atoms with Crippen LogP contribution in [0, 0.1) is 0 Å². The third-order valence-corrected chi connectivity index (χ3v) is 5.24.